The molecule has 0 unspecified atom stereocenters. The Morgan fingerprint density at radius 3 is 2.15 bits per heavy atom. The van der Waals surface area contributed by atoms with Gasteiger partial charge in [-0.05, 0) is 12.1 Å². The molecule has 1 amide bonds. The van der Waals surface area contributed by atoms with Gasteiger partial charge in [-0.3, -0.25) is 4.79 Å². The molecule has 0 atom stereocenters. The minimum absolute atomic E-state index is 0.0122. The van der Waals surface area contributed by atoms with Crippen molar-refractivity contribution in [2.75, 3.05) is 38.5 Å². The molecule has 0 saturated heterocycles. The SMILES string of the molecule is COc1cc(NC(=O)CCNc2ccc(F)c(F)c2F)cc(OC)c1OC. The monoisotopic (exact) mass is 384 g/mol. The second-order valence-corrected chi connectivity index (χ2v) is 5.36. The van der Waals surface area contributed by atoms with E-state index in [4.69, 9.17) is 14.2 Å². The van der Waals surface area contributed by atoms with Crippen molar-refractivity contribution in [1.82, 2.24) is 0 Å². The summed E-state index contributed by atoms with van der Waals surface area (Å²) in [5.74, 6) is -3.45. The van der Waals surface area contributed by atoms with Crippen molar-refractivity contribution in [3.8, 4) is 17.2 Å². The van der Waals surface area contributed by atoms with Crippen molar-refractivity contribution in [3.63, 3.8) is 0 Å². The number of amides is 1. The van der Waals surface area contributed by atoms with Gasteiger partial charge in [0.25, 0.3) is 0 Å². The van der Waals surface area contributed by atoms with Crippen LogP contribution in [-0.2, 0) is 4.79 Å². The number of rotatable bonds is 8. The number of halogens is 3. The first-order valence-electron chi connectivity index (χ1n) is 7.88. The van der Waals surface area contributed by atoms with Crippen molar-refractivity contribution >= 4 is 17.3 Å². The predicted molar refractivity (Wildman–Crippen MR) is 94.2 cm³/mol. The number of carbonyl (C=O) groups is 1. The van der Waals surface area contributed by atoms with Crippen LogP contribution in [0.3, 0.4) is 0 Å². The van der Waals surface area contributed by atoms with Gasteiger partial charge in [0.15, 0.2) is 29.0 Å². The highest BCUT2D eigenvalue weighted by atomic mass is 19.2. The van der Waals surface area contributed by atoms with Crippen molar-refractivity contribution in [1.29, 1.82) is 0 Å². The van der Waals surface area contributed by atoms with Crippen LogP contribution in [0, 0.1) is 17.5 Å². The Kier molecular flexibility index (Phi) is 6.75. The molecule has 27 heavy (non-hydrogen) atoms. The highest BCUT2D eigenvalue weighted by molar-refractivity contribution is 5.91. The largest absolute Gasteiger partial charge is 0.493 e. The number of methoxy groups -OCH3 is 3. The molecule has 0 fully saturated rings. The maximum atomic E-state index is 13.6. The van der Waals surface area contributed by atoms with Gasteiger partial charge in [0, 0.05) is 30.8 Å². The lowest BCUT2D eigenvalue weighted by molar-refractivity contribution is -0.115. The van der Waals surface area contributed by atoms with Gasteiger partial charge >= 0.3 is 0 Å². The quantitative estimate of drug-likeness (QED) is 0.681. The number of hydrogen-bond acceptors (Lipinski definition) is 5. The van der Waals surface area contributed by atoms with E-state index in [0.717, 1.165) is 12.1 Å². The van der Waals surface area contributed by atoms with Crippen LogP contribution in [0.2, 0.25) is 0 Å². The molecule has 2 aromatic carbocycles. The Hall–Kier alpha value is -3.10. The summed E-state index contributed by atoms with van der Waals surface area (Å²) in [5, 5.41) is 5.19. The summed E-state index contributed by atoms with van der Waals surface area (Å²) in [4.78, 5) is 12.1. The van der Waals surface area contributed by atoms with Gasteiger partial charge < -0.3 is 24.8 Å². The van der Waals surface area contributed by atoms with Crippen LogP contribution in [0.15, 0.2) is 24.3 Å². The molecular formula is C18H19F3N2O4. The van der Waals surface area contributed by atoms with Crippen molar-refractivity contribution in [3.05, 3.63) is 41.7 Å². The van der Waals surface area contributed by atoms with Crippen LogP contribution in [0.4, 0.5) is 24.5 Å². The molecular weight excluding hydrogens is 365 g/mol. The topological polar surface area (TPSA) is 68.8 Å². The summed E-state index contributed by atoms with van der Waals surface area (Å²) in [6.45, 7) is 0.0122. The first kappa shape index (κ1) is 20.2. The molecule has 0 heterocycles. The summed E-state index contributed by atoms with van der Waals surface area (Å²) < 4.78 is 55.2. The van der Waals surface area contributed by atoms with E-state index >= 15 is 0 Å². The average molecular weight is 384 g/mol. The second-order valence-electron chi connectivity index (χ2n) is 5.36. The van der Waals surface area contributed by atoms with Crippen LogP contribution in [0.25, 0.3) is 0 Å². The minimum Gasteiger partial charge on any atom is -0.493 e. The lowest BCUT2D eigenvalue weighted by atomic mass is 10.2. The highest BCUT2D eigenvalue weighted by Crippen LogP contribution is 2.39. The number of hydrogen-bond donors (Lipinski definition) is 2. The number of carbonyl (C=O) groups excluding carboxylic acids is 1. The zero-order chi connectivity index (χ0) is 20.0. The van der Waals surface area contributed by atoms with E-state index in [0.29, 0.717) is 22.9 Å². The summed E-state index contributed by atoms with van der Waals surface area (Å²) in [5.41, 5.74) is 0.183. The lowest BCUT2D eigenvalue weighted by Gasteiger charge is -2.15. The number of anilines is 2. The standard InChI is InChI=1S/C18H19F3N2O4/c1-25-13-8-10(9-14(26-2)18(13)27-3)23-15(24)6-7-22-12-5-4-11(19)16(20)17(12)21/h4-5,8-9,22H,6-7H2,1-3H3,(H,23,24). The molecule has 146 valence electrons. The Labute approximate surface area is 154 Å². The van der Waals surface area contributed by atoms with Crippen LogP contribution < -0.4 is 24.8 Å². The van der Waals surface area contributed by atoms with Gasteiger partial charge in [-0.25, -0.2) is 13.2 Å². The minimum atomic E-state index is -1.57. The second kappa shape index (κ2) is 9.02. The number of benzene rings is 2. The zero-order valence-electron chi connectivity index (χ0n) is 15.0. The van der Waals surface area contributed by atoms with Gasteiger partial charge in [0.1, 0.15) is 0 Å². The summed E-state index contributed by atoms with van der Waals surface area (Å²) in [6.07, 6.45) is -0.0465. The molecule has 0 aliphatic heterocycles. The lowest BCUT2D eigenvalue weighted by Crippen LogP contribution is -2.17. The molecule has 0 aliphatic rings. The van der Waals surface area contributed by atoms with Gasteiger partial charge in [0.2, 0.25) is 11.7 Å². The van der Waals surface area contributed by atoms with Gasteiger partial charge in [0.05, 0.1) is 27.0 Å². The van der Waals surface area contributed by atoms with Crippen molar-refractivity contribution < 1.29 is 32.2 Å². The van der Waals surface area contributed by atoms with Crippen LogP contribution in [-0.4, -0.2) is 33.8 Å². The van der Waals surface area contributed by atoms with Crippen LogP contribution in [0.1, 0.15) is 6.42 Å². The summed E-state index contributed by atoms with van der Waals surface area (Å²) in [7, 11) is 4.36. The zero-order valence-corrected chi connectivity index (χ0v) is 15.0. The van der Waals surface area contributed by atoms with E-state index < -0.39 is 17.5 Å². The normalized spacial score (nSPS) is 10.3. The molecule has 0 bridgehead atoms. The first-order valence-corrected chi connectivity index (χ1v) is 7.88. The Balaban J connectivity index is 1.99. The molecule has 0 saturated carbocycles. The van der Waals surface area contributed by atoms with Gasteiger partial charge in [-0.15, -0.1) is 0 Å². The molecule has 0 aliphatic carbocycles. The third-order valence-corrected chi connectivity index (χ3v) is 3.65. The van der Waals surface area contributed by atoms with E-state index in [1.165, 1.54) is 21.3 Å². The van der Waals surface area contributed by atoms with E-state index in [9.17, 15) is 18.0 Å². The molecule has 6 nitrogen and oxygen atoms in total. The van der Waals surface area contributed by atoms with E-state index in [2.05, 4.69) is 10.6 Å². The maximum absolute atomic E-state index is 13.6. The fourth-order valence-electron chi connectivity index (χ4n) is 2.35. The Bertz CT molecular complexity index is 805. The van der Waals surface area contributed by atoms with Gasteiger partial charge in [-0.1, -0.05) is 0 Å². The first-order chi connectivity index (χ1) is 12.9. The molecule has 0 radical (unpaired) electrons. The summed E-state index contributed by atoms with van der Waals surface area (Å²) >= 11 is 0. The highest BCUT2D eigenvalue weighted by Gasteiger charge is 2.15. The van der Waals surface area contributed by atoms with Crippen LogP contribution >= 0.6 is 0 Å². The fourth-order valence-corrected chi connectivity index (χ4v) is 2.35. The molecule has 9 heteroatoms. The summed E-state index contributed by atoms with van der Waals surface area (Å²) in [6, 6.07) is 4.98. The third-order valence-electron chi connectivity index (χ3n) is 3.65. The molecule has 2 N–H and O–H groups in total. The molecule has 2 aromatic rings. The molecule has 0 spiro atoms. The van der Waals surface area contributed by atoms with E-state index in [1.807, 2.05) is 0 Å². The van der Waals surface area contributed by atoms with Crippen molar-refractivity contribution in [2.45, 2.75) is 6.42 Å². The fraction of sp³-hybridized carbons (Fsp3) is 0.278. The van der Waals surface area contributed by atoms with Crippen LogP contribution in [0.5, 0.6) is 17.2 Å². The number of ether oxygens (including phenoxy) is 3. The Morgan fingerprint density at radius 1 is 0.963 bits per heavy atom. The number of nitrogens with one attached hydrogen (secondary N) is 2. The van der Waals surface area contributed by atoms with Crippen molar-refractivity contribution in [2.24, 2.45) is 0 Å². The average Bonchev–Trinajstić information content (AvgIpc) is 2.67. The maximum Gasteiger partial charge on any atom is 0.226 e. The smallest absolute Gasteiger partial charge is 0.226 e. The third kappa shape index (κ3) is 4.75. The molecule has 2 rings (SSSR count). The van der Waals surface area contributed by atoms with E-state index in [-0.39, 0.29) is 24.6 Å². The predicted octanol–water partition coefficient (Wildman–Crippen LogP) is 3.57. The Morgan fingerprint density at radius 2 is 1.59 bits per heavy atom. The van der Waals surface area contributed by atoms with E-state index in [1.54, 1.807) is 12.1 Å². The molecule has 0 aromatic heterocycles. The van der Waals surface area contributed by atoms with Gasteiger partial charge in [-0.2, -0.15) is 0 Å².